The van der Waals surface area contributed by atoms with Gasteiger partial charge in [0.05, 0.1) is 0 Å². The second-order valence-electron chi connectivity index (χ2n) is 8.28. The smallest absolute Gasteiger partial charge is 0.319 e. The minimum absolute atomic E-state index is 0.149. The standard InChI is InChI=1S/C23H29N3O3/c1-2-15-23(17-9-5-3-6-10-17)21(28)25(22(29)24-23)16-20(27)26(19-13-14-19)18-11-7-4-8-12-18/h3,5-6,9-11,19H,2,4,7-8,12-16H2,1H3,(H,24,29)/t23-/m1/s1. The Balaban J connectivity index is 1.57. The molecule has 1 atom stereocenters. The first-order chi connectivity index (χ1) is 14.1. The molecule has 1 saturated heterocycles. The Labute approximate surface area is 171 Å². The van der Waals surface area contributed by atoms with Crippen LogP contribution in [0.4, 0.5) is 4.79 Å². The molecule has 1 aromatic carbocycles. The highest BCUT2D eigenvalue weighted by atomic mass is 16.2. The fraction of sp³-hybridized carbons (Fsp3) is 0.522. The van der Waals surface area contributed by atoms with Gasteiger partial charge in [-0.15, -0.1) is 0 Å². The summed E-state index contributed by atoms with van der Waals surface area (Å²) in [5, 5.41) is 2.91. The fourth-order valence-electron chi connectivity index (χ4n) is 4.56. The summed E-state index contributed by atoms with van der Waals surface area (Å²) in [5.74, 6) is -0.471. The number of rotatable bonds is 7. The lowest BCUT2D eigenvalue weighted by Crippen LogP contribution is -2.46. The molecule has 1 saturated carbocycles. The number of nitrogens with one attached hydrogen (secondary N) is 1. The van der Waals surface area contributed by atoms with Crippen LogP contribution in [0.3, 0.4) is 0 Å². The molecule has 29 heavy (non-hydrogen) atoms. The van der Waals surface area contributed by atoms with Crippen LogP contribution >= 0.6 is 0 Å². The number of imide groups is 1. The number of nitrogens with zero attached hydrogens (tertiary/aromatic N) is 2. The molecule has 2 fully saturated rings. The second kappa shape index (κ2) is 8.01. The van der Waals surface area contributed by atoms with Gasteiger partial charge in [0.15, 0.2) is 0 Å². The third-order valence-corrected chi connectivity index (χ3v) is 6.12. The van der Waals surface area contributed by atoms with Gasteiger partial charge in [0.2, 0.25) is 5.91 Å². The van der Waals surface area contributed by atoms with Crippen molar-refractivity contribution < 1.29 is 14.4 Å². The molecule has 4 amide bonds. The Bertz CT molecular complexity index is 831. The van der Waals surface area contributed by atoms with E-state index in [-0.39, 0.29) is 24.4 Å². The zero-order valence-corrected chi connectivity index (χ0v) is 17.0. The third kappa shape index (κ3) is 3.68. The van der Waals surface area contributed by atoms with Gasteiger partial charge in [-0.05, 0) is 50.5 Å². The molecule has 6 nitrogen and oxygen atoms in total. The Hall–Kier alpha value is -2.63. The first-order valence-electron chi connectivity index (χ1n) is 10.8. The third-order valence-electron chi connectivity index (χ3n) is 6.12. The molecule has 2 aliphatic carbocycles. The maximum atomic E-state index is 13.4. The van der Waals surface area contributed by atoms with Gasteiger partial charge < -0.3 is 10.2 Å². The summed E-state index contributed by atoms with van der Waals surface area (Å²) in [6.07, 6.45) is 9.50. The van der Waals surface area contributed by atoms with E-state index in [1.807, 2.05) is 42.2 Å². The highest BCUT2D eigenvalue weighted by Crippen LogP contribution is 2.36. The first kappa shape index (κ1) is 19.7. The fourth-order valence-corrected chi connectivity index (χ4v) is 4.56. The van der Waals surface area contributed by atoms with Crippen molar-refractivity contribution in [1.29, 1.82) is 0 Å². The van der Waals surface area contributed by atoms with Gasteiger partial charge in [-0.1, -0.05) is 49.8 Å². The number of benzene rings is 1. The van der Waals surface area contributed by atoms with Crippen LogP contribution in [0.1, 0.15) is 63.9 Å². The van der Waals surface area contributed by atoms with E-state index in [2.05, 4.69) is 11.4 Å². The number of hydrogen-bond acceptors (Lipinski definition) is 3. The van der Waals surface area contributed by atoms with E-state index < -0.39 is 11.6 Å². The van der Waals surface area contributed by atoms with E-state index in [4.69, 9.17) is 0 Å². The summed E-state index contributed by atoms with van der Waals surface area (Å²) in [6.45, 7) is 1.79. The van der Waals surface area contributed by atoms with E-state index in [9.17, 15) is 14.4 Å². The molecule has 0 radical (unpaired) electrons. The molecular weight excluding hydrogens is 366 g/mol. The van der Waals surface area contributed by atoms with Gasteiger partial charge in [-0.2, -0.15) is 0 Å². The van der Waals surface area contributed by atoms with Crippen LogP contribution in [0.25, 0.3) is 0 Å². The van der Waals surface area contributed by atoms with Gasteiger partial charge in [-0.25, -0.2) is 4.79 Å². The van der Waals surface area contributed by atoms with Crippen LogP contribution in [0, 0.1) is 0 Å². The minimum Gasteiger partial charge on any atom is -0.319 e. The van der Waals surface area contributed by atoms with Crippen LogP contribution in [0.15, 0.2) is 42.1 Å². The topological polar surface area (TPSA) is 69.7 Å². The van der Waals surface area contributed by atoms with Gasteiger partial charge in [-0.3, -0.25) is 14.5 Å². The molecule has 1 aliphatic heterocycles. The second-order valence-corrected chi connectivity index (χ2v) is 8.28. The lowest BCUT2D eigenvalue weighted by molar-refractivity contribution is -0.138. The van der Waals surface area contributed by atoms with E-state index in [1.165, 1.54) is 0 Å². The summed E-state index contributed by atoms with van der Waals surface area (Å²) in [5.41, 5.74) is 0.755. The SMILES string of the molecule is CCC[C@]1(c2ccccc2)NC(=O)N(CC(=O)N(C2=CCCCC2)C2CC2)C1=O. The maximum absolute atomic E-state index is 13.4. The average molecular weight is 396 g/mol. The predicted molar refractivity (Wildman–Crippen MR) is 110 cm³/mol. The van der Waals surface area contributed by atoms with Gasteiger partial charge in [0.25, 0.3) is 5.91 Å². The Morgan fingerprint density at radius 2 is 1.97 bits per heavy atom. The molecule has 0 spiro atoms. The molecule has 1 N–H and O–H groups in total. The van der Waals surface area contributed by atoms with Crippen LogP contribution in [0.2, 0.25) is 0 Å². The Morgan fingerprint density at radius 3 is 2.59 bits per heavy atom. The molecule has 154 valence electrons. The summed E-state index contributed by atoms with van der Waals surface area (Å²) in [4.78, 5) is 42.3. The first-order valence-corrected chi connectivity index (χ1v) is 10.8. The highest BCUT2D eigenvalue weighted by molar-refractivity contribution is 6.09. The van der Waals surface area contributed by atoms with Crippen molar-refractivity contribution >= 4 is 17.8 Å². The maximum Gasteiger partial charge on any atom is 0.325 e. The normalized spacial score (nSPS) is 24.3. The molecule has 1 heterocycles. The lowest BCUT2D eigenvalue weighted by Gasteiger charge is -2.30. The highest BCUT2D eigenvalue weighted by Gasteiger charge is 2.52. The van der Waals surface area contributed by atoms with Crippen LogP contribution < -0.4 is 5.32 Å². The van der Waals surface area contributed by atoms with Crippen LogP contribution in [0.5, 0.6) is 0 Å². The van der Waals surface area contributed by atoms with Crippen molar-refractivity contribution in [3.63, 3.8) is 0 Å². The van der Waals surface area contributed by atoms with E-state index in [0.717, 1.165) is 61.1 Å². The van der Waals surface area contributed by atoms with Crippen molar-refractivity contribution in [1.82, 2.24) is 15.1 Å². The van der Waals surface area contributed by atoms with Crippen molar-refractivity contribution in [3.05, 3.63) is 47.7 Å². The minimum atomic E-state index is -1.08. The number of allylic oxidation sites excluding steroid dienone is 2. The molecule has 1 aromatic rings. The number of urea groups is 1. The van der Waals surface area contributed by atoms with E-state index >= 15 is 0 Å². The zero-order chi connectivity index (χ0) is 20.4. The van der Waals surface area contributed by atoms with Crippen LogP contribution in [-0.2, 0) is 15.1 Å². The Morgan fingerprint density at radius 1 is 1.21 bits per heavy atom. The van der Waals surface area contributed by atoms with Gasteiger partial charge in [0.1, 0.15) is 12.1 Å². The molecule has 0 bridgehead atoms. The molecular formula is C23H29N3O3. The quantitative estimate of drug-likeness (QED) is 0.716. The summed E-state index contributed by atoms with van der Waals surface area (Å²) in [7, 11) is 0. The number of carbonyl (C=O) groups excluding carboxylic acids is 3. The molecule has 4 rings (SSSR count). The summed E-state index contributed by atoms with van der Waals surface area (Å²) in [6, 6.07) is 9.09. The Kier molecular flexibility index (Phi) is 5.43. The monoisotopic (exact) mass is 395 g/mol. The number of carbonyl (C=O) groups is 3. The van der Waals surface area contributed by atoms with Crippen molar-refractivity contribution in [2.24, 2.45) is 0 Å². The lowest BCUT2D eigenvalue weighted by atomic mass is 9.85. The number of hydrogen-bond donors (Lipinski definition) is 1. The summed E-state index contributed by atoms with van der Waals surface area (Å²) >= 11 is 0. The number of amides is 4. The summed E-state index contributed by atoms with van der Waals surface area (Å²) < 4.78 is 0. The zero-order valence-electron chi connectivity index (χ0n) is 17.0. The molecule has 3 aliphatic rings. The van der Waals surface area contributed by atoms with Crippen molar-refractivity contribution in [3.8, 4) is 0 Å². The van der Waals surface area contributed by atoms with Gasteiger partial charge in [0, 0.05) is 11.7 Å². The van der Waals surface area contributed by atoms with Crippen molar-refractivity contribution in [2.75, 3.05) is 6.54 Å². The average Bonchev–Trinajstić information content (AvgIpc) is 3.54. The van der Waals surface area contributed by atoms with E-state index in [0.29, 0.717) is 6.42 Å². The molecule has 6 heteroatoms. The van der Waals surface area contributed by atoms with Crippen molar-refractivity contribution in [2.45, 2.75) is 69.9 Å². The van der Waals surface area contributed by atoms with E-state index in [1.54, 1.807) is 0 Å². The molecule has 0 aromatic heterocycles. The predicted octanol–water partition coefficient (Wildman–Crippen LogP) is 3.68. The van der Waals surface area contributed by atoms with Crippen LogP contribution in [-0.4, -0.2) is 40.2 Å². The molecule has 0 unspecified atom stereocenters. The van der Waals surface area contributed by atoms with Gasteiger partial charge >= 0.3 is 6.03 Å². The largest absolute Gasteiger partial charge is 0.325 e.